The molecule has 0 saturated heterocycles. The van der Waals surface area contributed by atoms with E-state index >= 15 is 0 Å². The third kappa shape index (κ3) is 2.10. The number of nitrogens with zero attached hydrogens (tertiary/aromatic N) is 2. The zero-order valence-corrected chi connectivity index (χ0v) is 8.15. The molecule has 0 fully saturated rings. The minimum Gasteiger partial charge on any atom is -0.276 e. The van der Waals surface area contributed by atoms with Gasteiger partial charge in [-0.25, -0.2) is 4.98 Å². The smallest absolute Gasteiger partial charge is 0.235 e. The van der Waals surface area contributed by atoms with Crippen molar-refractivity contribution in [1.82, 2.24) is 9.55 Å². The van der Waals surface area contributed by atoms with Crippen molar-refractivity contribution in [2.45, 2.75) is 32.1 Å². The van der Waals surface area contributed by atoms with Crippen LogP contribution in [-0.4, -0.2) is 15.5 Å². The lowest BCUT2D eigenvalue weighted by molar-refractivity contribution is 0.0912. The lowest BCUT2D eigenvalue weighted by atomic mass is 9.97. The van der Waals surface area contributed by atoms with Gasteiger partial charge in [0.1, 0.15) is 6.33 Å². The van der Waals surface area contributed by atoms with E-state index in [0.29, 0.717) is 6.42 Å². The van der Waals surface area contributed by atoms with Gasteiger partial charge in [0.25, 0.3) is 0 Å². The van der Waals surface area contributed by atoms with Crippen LogP contribution in [0.1, 0.15) is 36.9 Å². The van der Waals surface area contributed by atoms with Crippen LogP contribution < -0.4 is 0 Å². The summed E-state index contributed by atoms with van der Waals surface area (Å²) in [7, 11) is 0. The lowest BCUT2D eigenvalue weighted by Gasteiger charge is -2.11. The fraction of sp³-hybridized carbons (Fsp3) is 0.455. The lowest BCUT2D eigenvalue weighted by Crippen LogP contribution is -2.10. The van der Waals surface area contributed by atoms with Gasteiger partial charge in [-0.1, -0.05) is 11.6 Å². The molecule has 3 heteroatoms. The molecule has 2 rings (SSSR count). The van der Waals surface area contributed by atoms with Crippen LogP contribution in [0.3, 0.4) is 0 Å². The van der Waals surface area contributed by atoms with E-state index in [1.807, 2.05) is 0 Å². The topological polar surface area (TPSA) is 34.9 Å². The standard InChI is InChI=1S/C11H14N2O/c14-11(13-7-6-12-9-13)8-10-4-2-1-3-5-10/h4,6-7,9H,1-3,5,8H2. The highest BCUT2D eigenvalue weighted by Crippen LogP contribution is 2.20. The molecule has 0 bridgehead atoms. The summed E-state index contributed by atoms with van der Waals surface area (Å²) in [6.07, 6.45) is 12.4. The first-order valence-corrected chi connectivity index (χ1v) is 5.05. The van der Waals surface area contributed by atoms with E-state index in [1.165, 1.54) is 18.4 Å². The van der Waals surface area contributed by atoms with Crippen molar-refractivity contribution in [2.75, 3.05) is 0 Å². The molecule has 1 aromatic rings. The maximum absolute atomic E-state index is 11.7. The predicted octanol–water partition coefficient (Wildman–Crippen LogP) is 2.41. The fourth-order valence-electron chi connectivity index (χ4n) is 1.76. The molecule has 0 radical (unpaired) electrons. The van der Waals surface area contributed by atoms with Crippen molar-refractivity contribution in [1.29, 1.82) is 0 Å². The van der Waals surface area contributed by atoms with Crippen LogP contribution in [0.25, 0.3) is 0 Å². The maximum Gasteiger partial charge on any atom is 0.235 e. The quantitative estimate of drug-likeness (QED) is 0.671. The Labute approximate surface area is 83.5 Å². The Morgan fingerprint density at radius 3 is 3.07 bits per heavy atom. The van der Waals surface area contributed by atoms with Crippen molar-refractivity contribution in [3.8, 4) is 0 Å². The molecule has 0 spiro atoms. The van der Waals surface area contributed by atoms with Gasteiger partial charge in [-0.3, -0.25) is 9.36 Å². The van der Waals surface area contributed by atoms with Crippen molar-refractivity contribution in [3.05, 3.63) is 30.4 Å². The van der Waals surface area contributed by atoms with E-state index in [0.717, 1.165) is 12.8 Å². The molecule has 14 heavy (non-hydrogen) atoms. The van der Waals surface area contributed by atoms with Crippen LogP contribution >= 0.6 is 0 Å². The van der Waals surface area contributed by atoms with E-state index in [1.54, 1.807) is 23.3 Å². The van der Waals surface area contributed by atoms with E-state index in [2.05, 4.69) is 11.1 Å². The van der Waals surface area contributed by atoms with E-state index in [4.69, 9.17) is 0 Å². The fourth-order valence-corrected chi connectivity index (χ4v) is 1.76. The normalized spacial score (nSPS) is 16.4. The van der Waals surface area contributed by atoms with Crippen molar-refractivity contribution in [2.24, 2.45) is 0 Å². The predicted molar refractivity (Wildman–Crippen MR) is 54.0 cm³/mol. The third-order valence-corrected chi connectivity index (χ3v) is 2.56. The SMILES string of the molecule is O=C(CC1=CCCCC1)n1ccnc1. The number of imidazole rings is 1. The second-order valence-corrected chi connectivity index (χ2v) is 3.65. The summed E-state index contributed by atoms with van der Waals surface area (Å²) < 4.78 is 1.55. The molecule has 74 valence electrons. The Morgan fingerprint density at radius 1 is 1.50 bits per heavy atom. The summed E-state index contributed by atoms with van der Waals surface area (Å²) in [4.78, 5) is 15.5. The van der Waals surface area contributed by atoms with E-state index in [-0.39, 0.29) is 5.91 Å². The molecule has 1 aliphatic carbocycles. The zero-order chi connectivity index (χ0) is 9.80. The summed E-state index contributed by atoms with van der Waals surface area (Å²) in [6.45, 7) is 0. The molecule has 0 amide bonds. The zero-order valence-electron chi connectivity index (χ0n) is 8.15. The van der Waals surface area contributed by atoms with Gasteiger partial charge < -0.3 is 0 Å². The van der Waals surface area contributed by atoms with Crippen molar-refractivity contribution >= 4 is 5.91 Å². The molecule has 0 unspecified atom stereocenters. The first-order chi connectivity index (χ1) is 6.86. The van der Waals surface area contributed by atoms with Gasteiger partial charge in [0, 0.05) is 18.8 Å². The van der Waals surface area contributed by atoms with Crippen LogP contribution in [0, 0.1) is 0 Å². The van der Waals surface area contributed by atoms with Gasteiger partial charge in [-0.05, 0) is 25.7 Å². The number of aromatic nitrogens is 2. The number of allylic oxidation sites excluding steroid dienone is 2. The molecule has 0 aliphatic heterocycles. The molecular formula is C11H14N2O. The summed E-state index contributed by atoms with van der Waals surface area (Å²) in [5.41, 5.74) is 1.29. The van der Waals surface area contributed by atoms with Gasteiger partial charge >= 0.3 is 0 Å². The second-order valence-electron chi connectivity index (χ2n) is 3.65. The highest BCUT2D eigenvalue weighted by Gasteiger charge is 2.09. The molecule has 3 nitrogen and oxygen atoms in total. The molecule has 1 aliphatic rings. The average molecular weight is 190 g/mol. The van der Waals surface area contributed by atoms with Crippen LogP contribution in [0.5, 0.6) is 0 Å². The Balaban J connectivity index is 1.97. The highest BCUT2D eigenvalue weighted by atomic mass is 16.2. The number of rotatable bonds is 2. The van der Waals surface area contributed by atoms with Crippen LogP contribution in [0.15, 0.2) is 30.4 Å². The molecule has 0 atom stereocenters. The van der Waals surface area contributed by atoms with Crippen molar-refractivity contribution < 1.29 is 4.79 Å². The first-order valence-electron chi connectivity index (χ1n) is 5.05. The van der Waals surface area contributed by atoms with Gasteiger partial charge in [0.15, 0.2) is 0 Å². The second kappa shape index (κ2) is 4.22. The van der Waals surface area contributed by atoms with Gasteiger partial charge in [0.2, 0.25) is 5.91 Å². The highest BCUT2D eigenvalue weighted by molar-refractivity contribution is 5.80. The molecular weight excluding hydrogens is 176 g/mol. The third-order valence-electron chi connectivity index (χ3n) is 2.56. The molecule has 0 aromatic carbocycles. The summed E-state index contributed by atoms with van der Waals surface area (Å²) in [5.74, 6) is 0.121. The average Bonchev–Trinajstić information content (AvgIpc) is 2.72. The van der Waals surface area contributed by atoms with E-state index < -0.39 is 0 Å². The summed E-state index contributed by atoms with van der Waals surface area (Å²) in [6, 6.07) is 0. The first kappa shape index (κ1) is 9.19. The van der Waals surface area contributed by atoms with Gasteiger partial charge in [-0.15, -0.1) is 0 Å². The summed E-state index contributed by atoms with van der Waals surface area (Å²) >= 11 is 0. The summed E-state index contributed by atoms with van der Waals surface area (Å²) in [5, 5.41) is 0. The number of carbonyl (C=O) groups excluding carboxylic acids is 1. The van der Waals surface area contributed by atoms with E-state index in [9.17, 15) is 4.79 Å². The van der Waals surface area contributed by atoms with Crippen LogP contribution in [0.2, 0.25) is 0 Å². The van der Waals surface area contributed by atoms with Crippen LogP contribution in [0.4, 0.5) is 0 Å². The minimum absolute atomic E-state index is 0.121. The van der Waals surface area contributed by atoms with Gasteiger partial charge in [-0.2, -0.15) is 0 Å². The molecule has 0 saturated carbocycles. The monoisotopic (exact) mass is 190 g/mol. The number of carbonyl (C=O) groups is 1. The number of hydrogen-bond acceptors (Lipinski definition) is 2. The Hall–Kier alpha value is -1.38. The maximum atomic E-state index is 11.7. The number of hydrogen-bond donors (Lipinski definition) is 0. The Kier molecular flexibility index (Phi) is 2.77. The molecule has 0 N–H and O–H groups in total. The molecule has 1 heterocycles. The van der Waals surface area contributed by atoms with Gasteiger partial charge in [0.05, 0.1) is 0 Å². The van der Waals surface area contributed by atoms with Crippen LogP contribution in [-0.2, 0) is 0 Å². The van der Waals surface area contributed by atoms with Crippen molar-refractivity contribution in [3.63, 3.8) is 0 Å². The minimum atomic E-state index is 0.121. The largest absolute Gasteiger partial charge is 0.276 e. The Bertz CT molecular complexity index is 338. The molecule has 1 aromatic heterocycles. The Morgan fingerprint density at radius 2 is 2.43 bits per heavy atom.